The molecule has 1 atom stereocenters. The summed E-state index contributed by atoms with van der Waals surface area (Å²) in [6, 6.07) is 2.94. The lowest BCUT2D eigenvalue weighted by Gasteiger charge is -2.29. The lowest BCUT2D eigenvalue weighted by Crippen LogP contribution is -2.43. The first-order valence-electron chi connectivity index (χ1n) is 6.92. The fourth-order valence-electron chi connectivity index (χ4n) is 2.68. The van der Waals surface area contributed by atoms with Crippen LogP contribution in [0.2, 0.25) is 0 Å². The van der Waals surface area contributed by atoms with Crippen molar-refractivity contribution in [1.29, 1.82) is 0 Å². The van der Waals surface area contributed by atoms with Crippen molar-refractivity contribution in [3.8, 4) is 0 Å². The summed E-state index contributed by atoms with van der Waals surface area (Å²) in [5, 5.41) is 18.4. The van der Waals surface area contributed by atoms with E-state index in [2.05, 4.69) is 0 Å². The maximum Gasteiger partial charge on any atom is 0.352 e. The number of aromatic carboxylic acids is 1. The van der Waals surface area contributed by atoms with Crippen molar-refractivity contribution in [2.75, 3.05) is 13.2 Å². The molecule has 0 saturated carbocycles. The number of amides is 1. The molecule has 1 aliphatic rings. The number of aliphatic hydroxyl groups excluding tert-OH is 1. The van der Waals surface area contributed by atoms with Crippen LogP contribution in [-0.2, 0) is 11.3 Å². The molecule has 0 bridgehead atoms. The Kier molecular flexibility index (Phi) is 4.79. The Labute approximate surface area is 117 Å². The van der Waals surface area contributed by atoms with Crippen molar-refractivity contribution in [2.24, 2.45) is 0 Å². The molecule has 6 nitrogen and oxygen atoms in total. The number of aliphatic hydroxyl groups is 1. The Bertz CT molecular complexity index is 483. The molecule has 1 unspecified atom stereocenters. The van der Waals surface area contributed by atoms with Gasteiger partial charge in [0, 0.05) is 12.7 Å². The minimum Gasteiger partial charge on any atom is -0.477 e. The number of hydrogen-bond acceptors (Lipinski definition) is 3. The number of likely N-dealkylation sites (tertiary alicyclic amines) is 1. The largest absolute Gasteiger partial charge is 0.477 e. The molecule has 20 heavy (non-hydrogen) atoms. The van der Waals surface area contributed by atoms with Crippen LogP contribution in [0.1, 0.15) is 36.2 Å². The quantitative estimate of drug-likeness (QED) is 0.860. The fraction of sp³-hybridized carbons (Fsp3) is 0.571. The molecule has 1 aromatic heterocycles. The molecule has 0 radical (unpaired) electrons. The molecule has 1 aromatic rings. The van der Waals surface area contributed by atoms with Crippen LogP contribution in [0, 0.1) is 0 Å². The summed E-state index contributed by atoms with van der Waals surface area (Å²) in [7, 11) is 0. The molecule has 1 saturated heterocycles. The van der Waals surface area contributed by atoms with E-state index in [1.165, 1.54) is 10.6 Å². The van der Waals surface area contributed by atoms with Crippen LogP contribution in [0.3, 0.4) is 0 Å². The third-order valence-electron chi connectivity index (χ3n) is 3.76. The van der Waals surface area contributed by atoms with Gasteiger partial charge < -0.3 is 19.7 Å². The highest BCUT2D eigenvalue weighted by Gasteiger charge is 2.25. The maximum atomic E-state index is 12.4. The molecule has 2 rings (SSSR count). The van der Waals surface area contributed by atoms with Gasteiger partial charge in [-0.3, -0.25) is 4.79 Å². The minimum absolute atomic E-state index is 0.00509. The zero-order chi connectivity index (χ0) is 14.5. The van der Waals surface area contributed by atoms with Gasteiger partial charge in [-0.05, 0) is 25.0 Å². The molecular weight excluding hydrogens is 260 g/mol. The van der Waals surface area contributed by atoms with E-state index in [0.717, 1.165) is 25.7 Å². The summed E-state index contributed by atoms with van der Waals surface area (Å²) in [6.45, 7) is 0.599. The molecule has 0 aliphatic carbocycles. The third kappa shape index (κ3) is 3.19. The smallest absolute Gasteiger partial charge is 0.352 e. The second-order valence-electron chi connectivity index (χ2n) is 5.10. The zero-order valence-electron chi connectivity index (χ0n) is 11.4. The lowest BCUT2D eigenvalue weighted by atomic mass is 10.1. The first-order valence-corrected chi connectivity index (χ1v) is 6.92. The maximum absolute atomic E-state index is 12.4. The lowest BCUT2D eigenvalue weighted by molar-refractivity contribution is -0.135. The summed E-state index contributed by atoms with van der Waals surface area (Å²) in [4.78, 5) is 25.1. The molecular formula is C14H20N2O4. The fourth-order valence-corrected chi connectivity index (χ4v) is 2.68. The number of carboxylic acid groups (broad SMARTS) is 1. The summed E-state index contributed by atoms with van der Waals surface area (Å²) >= 11 is 0. The highest BCUT2D eigenvalue weighted by Crippen LogP contribution is 2.17. The molecule has 1 fully saturated rings. The standard InChI is InChI=1S/C14H20N2O4/c17-10-11-5-2-1-3-8-16(11)13(18)9-15-7-4-6-12(15)14(19)20/h4,6-7,11,17H,1-3,5,8-10H2,(H,19,20). The van der Waals surface area contributed by atoms with Gasteiger partial charge in [0.15, 0.2) is 0 Å². The molecule has 1 aliphatic heterocycles. The number of rotatable bonds is 4. The normalized spacial score (nSPS) is 19.6. The second-order valence-corrected chi connectivity index (χ2v) is 5.10. The van der Waals surface area contributed by atoms with Crippen molar-refractivity contribution in [2.45, 2.75) is 38.3 Å². The molecule has 0 aromatic carbocycles. The van der Waals surface area contributed by atoms with Gasteiger partial charge >= 0.3 is 5.97 Å². The Hall–Kier alpha value is -1.82. The SMILES string of the molecule is O=C(O)c1cccn1CC(=O)N1CCCCCC1CO. The van der Waals surface area contributed by atoms with Gasteiger partial charge in [-0.15, -0.1) is 0 Å². The Morgan fingerprint density at radius 1 is 1.30 bits per heavy atom. The van der Waals surface area contributed by atoms with E-state index in [9.17, 15) is 14.7 Å². The number of aromatic nitrogens is 1. The topological polar surface area (TPSA) is 82.8 Å². The van der Waals surface area contributed by atoms with E-state index in [0.29, 0.717) is 6.54 Å². The van der Waals surface area contributed by atoms with Crippen LogP contribution >= 0.6 is 0 Å². The molecule has 110 valence electrons. The van der Waals surface area contributed by atoms with Crippen molar-refractivity contribution in [1.82, 2.24) is 9.47 Å². The van der Waals surface area contributed by atoms with Crippen molar-refractivity contribution in [3.05, 3.63) is 24.0 Å². The number of nitrogens with zero attached hydrogens (tertiary/aromatic N) is 2. The molecule has 2 heterocycles. The Morgan fingerprint density at radius 2 is 2.10 bits per heavy atom. The molecule has 0 spiro atoms. The van der Waals surface area contributed by atoms with E-state index in [1.54, 1.807) is 17.2 Å². The van der Waals surface area contributed by atoms with Crippen LogP contribution in [0.25, 0.3) is 0 Å². The van der Waals surface area contributed by atoms with E-state index in [-0.39, 0.29) is 30.8 Å². The van der Waals surface area contributed by atoms with E-state index in [4.69, 9.17) is 5.11 Å². The monoisotopic (exact) mass is 280 g/mol. The Morgan fingerprint density at radius 3 is 2.80 bits per heavy atom. The van der Waals surface area contributed by atoms with Crippen molar-refractivity contribution in [3.63, 3.8) is 0 Å². The summed E-state index contributed by atoms with van der Waals surface area (Å²) in [5.74, 6) is -1.18. The number of hydrogen-bond donors (Lipinski definition) is 2. The predicted molar refractivity (Wildman–Crippen MR) is 72.4 cm³/mol. The van der Waals surface area contributed by atoms with E-state index >= 15 is 0 Å². The average molecular weight is 280 g/mol. The summed E-state index contributed by atoms with van der Waals surface area (Å²) < 4.78 is 1.43. The number of carbonyl (C=O) groups is 2. The van der Waals surface area contributed by atoms with Gasteiger partial charge in [0.25, 0.3) is 0 Å². The number of carbonyl (C=O) groups excluding carboxylic acids is 1. The van der Waals surface area contributed by atoms with Gasteiger partial charge in [-0.2, -0.15) is 0 Å². The first-order chi connectivity index (χ1) is 9.63. The average Bonchev–Trinajstić information content (AvgIpc) is 2.74. The highest BCUT2D eigenvalue weighted by atomic mass is 16.4. The molecule has 2 N–H and O–H groups in total. The van der Waals surface area contributed by atoms with Crippen LogP contribution in [-0.4, -0.2) is 50.8 Å². The van der Waals surface area contributed by atoms with Gasteiger partial charge in [-0.25, -0.2) is 4.79 Å². The second kappa shape index (κ2) is 6.56. The van der Waals surface area contributed by atoms with Crippen LogP contribution in [0.5, 0.6) is 0 Å². The van der Waals surface area contributed by atoms with Gasteiger partial charge in [0.1, 0.15) is 12.2 Å². The van der Waals surface area contributed by atoms with Gasteiger partial charge in [0.05, 0.1) is 12.6 Å². The van der Waals surface area contributed by atoms with Crippen molar-refractivity contribution >= 4 is 11.9 Å². The van der Waals surface area contributed by atoms with E-state index < -0.39 is 5.97 Å². The first kappa shape index (κ1) is 14.6. The summed E-state index contributed by atoms with van der Waals surface area (Å²) in [6.07, 6.45) is 5.40. The van der Waals surface area contributed by atoms with Gasteiger partial charge in [-0.1, -0.05) is 12.8 Å². The van der Waals surface area contributed by atoms with Crippen LogP contribution < -0.4 is 0 Å². The van der Waals surface area contributed by atoms with Gasteiger partial charge in [0.2, 0.25) is 5.91 Å². The van der Waals surface area contributed by atoms with Crippen LogP contribution in [0.4, 0.5) is 0 Å². The number of carboxylic acids is 1. The highest BCUT2D eigenvalue weighted by molar-refractivity contribution is 5.87. The van der Waals surface area contributed by atoms with E-state index in [1.807, 2.05) is 0 Å². The Balaban J connectivity index is 2.09. The summed E-state index contributed by atoms with van der Waals surface area (Å²) in [5.41, 5.74) is 0.105. The van der Waals surface area contributed by atoms with Crippen molar-refractivity contribution < 1.29 is 19.8 Å². The van der Waals surface area contributed by atoms with Crippen LogP contribution in [0.15, 0.2) is 18.3 Å². The zero-order valence-corrected chi connectivity index (χ0v) is 11.4. The minimum atomic E-state index is -1.04. The predicted octanol–water partition coefficient (Wildman–Crippen LogP) is 0.950. The molecule has 1 amide bonds. The third-order valence-corrected chi connectivity index (χ3v) is 3.76. The molecule has 6 heteroatoms.